The Morgan fingerprint density at radius 1 is 1.22 bits per heavy atom. The maximum Gasteiger partial charge on any atom is 0.142 e. The molecule has 1 unspecified atom stereocenters. The van der Waals surface area contributed by atoms with E-state index in [1.165, 1.54) is 0 Å². The van der Waals surface area contributed by atoms with Crippen molar-refractivity contribution in [1.82, 2.24) is 0 Å². The molecular formula is C15H14ClNO. The summed E-state index contributed by atoms with van der Waals surface area (Å²) in [7, 11) is 0. The number of fused-ring (bicyclic) bond motifs is 3. The highest BCUT2D eigenvalue weighted by Crippen LogP contribution is 2.34. The molecule has 3 heteroatoms. The first-order chi connectivity index (χ1) is 8.70. The molecule has 3 rings (SSSR count). The first-order valence-electron chi connectivity index (χ1n) is 6.07. The zero-order valence-electron chi connectivity index (χ0n) is 10.1. The zero-order chi connectivity index (χ0) is 12.7. The van der Waals surface area contributed by atoms with Gasteiger partial charge in [-0.1, -0.05) is 42.8 Å². The van der Waals surface area contributed by atoms with Crippen molar-refractivity contribution in [3.8, 4) is 0 Å². The Balaban J connectivity index is 2.36. The quantitative estimate of drug-likeness (QED) is 0.728. The fourth-order valence-corrected chi connectivity index (χ4v) is 2.51. The molecule has 0 bridgehead atoms. The summed E-state index contributed by atoms with van der Waals surface area (Å²) in [5, 5.41) is 3.81. The lowest BCUT2D eigenvalue weighted by Gasteiger charge is -2.03. The van der Waals surface area contributed by atoms with E-state index in [4.69, 9.17) is 21.8 Å². The third-order valence-electron chi connectivity index (χ3n) is 3.30. The number of nitrogens with two attached hydrogens (primary N) is 1. The van der Waals surface area contributed by atoms with Crippen LogP contribution in [0.2, 0.25) is 5.02 Å². The molecule has 18 heavy (non-hydrogen) atoms. The van der Waals surface area contributed by atoms with Gasteiger partial charge in [0.05, 0.1) is 6.04 Å². The Morgan fingerprint density at radius 3 is 2.67 bits per heavy atom. The van der Waals surface area contributed by atoms with Crippen LogP contribution < -0.4 is 5.73 Å². The van der Waals surface area contributed by atoms with E-state index in [9.17, 15) is 0 Å². The molecule has 0 saturated heterocycles. The molecule has 0 fully saturated rings. The van der Waals surface area contributed by atoms with E-state index in [-0.39, 0.29) is 6.04 Å². The number of hydrogen-bond donors (Lipinski definition) is 1. The summed E-state index contributed by atoms with van der Waals surface area (Å²) in [6.45, 7) is 2.04. The first-order valence-corrected chi connectivity index (χ1v) is 6.44. The van der Waals surface area contributed by atoms with Crippen molar-refractivity contribution >= 4 is 33.3 Å². The van der Waals surface area contributed by atoms with Gasteiger partial charge in [-0.3, -0.25) is 0 Å². The summed E-state index contributed by atoms with van der Waals surface area (Å²) in [5.74, 6) is 0.819. The highest BCUT2D eigenvalue weighted by molar-refractivity contribution is 6.37. The third kappa shape index (κ3) is 1.69. The highest BCUT2D eigenvalue weighted by Gasteiger charge is 2.13. The van der Waals surface area contributed by atoms with Gasteiger partial charge in [0.15, 0.2) is 0 Å². The molecule has 1 aromatic heterocycles. The van der Waals surface area contributed by atoms with Gasteiger partial charge in [-0.15, -0.1) is 0 Å². The Morgan fingerprint density at radius 2 is 1.94 bits per heavy atom. The molecular weight excluding hydrogens is 246 g/mol. The Kier molecular flexibility index (Phi) is 2.77. The lowest BCUT2D eigenvalue weighted by Crippen LogP contribution is -2.06. The second-order valence-corrected chi connectivity index (χ2v) is 4.89. The van der Waals surface area contributed by atoms with Crippen molar-refractivity contribution in [2.24, 2.45) is 5.73 Å². The number of rotatable bonds is 2. The van der Waals surface area contributed by atoms with Gasteiger partial charge in [-0.05, 0) is 18.6 Å². The molecule has 92 valence electrons. The van der Waals surface area contributed by atoms with Gasteiger partial charge >= 0.3 is 0 Å². The molecule has 0 radical (unpaired) electrons. The smallest absolute Gasteiger partial charge is 0.142 e. The summed E-state index contributed by atoms with van der Waals surface area (Å²) < 4.78 is 5.91. The normalized spacial score (nSPS) is 13.3. The second-order valence-electron chi connectivity index (χ2n) is 4.49. The second kappa shape index (κ2) is 4.30. The average molecular weight is 260 g/mol. The van der Waals surface area contributed by atoms with Crippen molar-refractivity contribution in [2.75, 3.05) is 0 Å². The maximum atomic E-state index is 6.29. The van der Waals surface area contributed by atoms with Gasteiger partial charge in [-0.2, -0.15) is 0 Å². The molecule has 2 nitrogen and oxygen atoms in total. The number of furan rings is 1. The molecule has 3 aromatic rings. The molecule has 0 aliphatic rings. The third-order valence-corrected chi connectivity index (χ3v) is 3.61. The van der Waals surface area contributed by atoms with Crippen LogP contribution in [0.15, 0.2) is 40.8 Å². The van der Waals surface area contributed by atoms with Gasteiger partial charge in [0.2, 0.25) is 0 Å². The zero-order valence-corrected chi connectivity index (χ0v) is 10.9. The Bertz CT molecular complexity index is 717. The number of benzene rings is 2. The van der Waals surface area contributed by atoms with Crippen LogP contribution in [0.5, 0.6) is 0 Å². The predicted octanol–water partition coefficient (Wildman–Crippen LogP) is 4.65. The Labute approximate surface area is 110 Å². The largest absolute Gasteiger partial charge is 0.459 e. The average Bonchev–Trinajstić information content (AvgIpc) is 2.82. The van der Waals surface area contributed by atoms with Crippen molar-refractivity contribution in [3.63, 3.8) is 0 Å². The van der Waals surface area contributed by atoms with E-state index >= 15 is 0 Å². The highest BCUT2D eigenvalue weighted by atomic mass is 35.5. The van der Waals surface area contributed by atoms with Crippen LogP contribution >= 0.6 is 11.6 Å². The van der Waals surface area contributed by atoms with Crippen molar-refractivity contribution in [1.29, 1.82) is 0 Å². The minimum atomic E-state index is -0.0602. The molecule has 0 spiro atoms. The molecule has 2 aromatic carbocycles. The van der Waals surface area contributed by atoms with Crippen molar-refractivity contribution in [3.05, 3.63) is 47.2 Å². The minimum absolute atomic E-state index is 0.0602. The SMILES string of the molecule is CCC(N)c1cc2cc(Cl)c3ccccc3c2o1. The molecule has 1 atom stereocenters. The minimum Gasteiger partial charge on any atom is -0.459 e. The first kappa shape index (κ1) is 11.6. The van der Waals surface area contributed by atoms with Gasteiger partial charge in [-0.25, -0.2) is 0 Å². The van der Waals surface area contributed by atoms with Crippen LogP contribution in [0.3, 0.4) is 0 Å². The molecule has 0 amide bonds. The van der Waals surface area contributed by atoms with E-state index in [0.29, 0.717) is 0 Å². The lowest BCUT2D eigenvalue weighted by atomic mass is 10.1. The van der Waals surface area contributed by atoms with Crippen molar-refractivity contribution in [2.45, 2.75) is 19.4 Å². The topological polar surface area (TPSA) is 39.2 Å². The summed E-state index contributed by atoms with van der Waals surface area (Å²) in [6.07, 6.45) is 0.853. The molecule has 2 N–H and O–H groups in total. The van der Waals surface area contributed by atoms with Gasteiger partial charge in [0, 0.05) is 21.2 Å². The maximum absolute atomic E-state index is 6.29. The monoisotopic (exact) mass is 259 g/mol. The van der Waals surface area contributed by atoms with Crippen LogP contribution in [0.25, 0.3) is 21.7 Å². The summed E-state index contributed by atoms with van der Waals surface area (Å²) >= 11 is 6.29. The van der Waals surface area contributed by atoms with Crippen molar-refractivity contribution < 1.29 is 4.42 Å². The van der Waals surface area contributed by atoms with Gasteiger partial charge in [0.1, 0.15) is 11.3 Å². The molecule has 1 heterocycles. The summed E-state index contributed by atoms with van der Waals surface area (Å²) in [5.41, 5.74) is 6.88. The Hall–Kier alpha value is -1.51. The number of halogens is 1. The molecule has 0 aliphatic heterocycles. The van der Waals surface area contributed by atoms with E-state index in [1.54, 1.807) is 0 Å². The standard InChI is InChI=1S/C15H14ClNO/c1-2-13(17)14-8-9-7-12(16)10-5-3-4-6-11(10)15(9)18-14/h3-8,13H,2,17H2,1H3. The van der Waals surface area contributed by atoms with Gasteiger partial charge in [0.25, 0.3) is 0 Å². The summed E-state index contributed by atoms with van der Waals surface area (Å²) in [4.78, 5) is 0. The number of hydrogen-bond acceptors (Lipinski definition) is 2. The van der Waals surface area contributed by atoms with Crippen LogP contribution in [-0.4, -0.2) is 0 Å². The van der Waals surface area contributed by atoms with Crippen LogP contribution in [0.4, 0.5) is 0 Å². The molecule has 0 aliphatic carbocycles. The summed E-state index contributed by atoms with van der Waals surface area (Å²) in [6, 6.07) is 11.8. The van der Waals surface area contributed by atoms with E-state index in [2.05, 4.69) is 0 Å². The fraction of sp³-hybridized carbons (Fsp3) is 0.200. The van der Waals surface area contributed by atoms with Crippen LogP contribution in [0, 0.1) is 0 Å². The van der Waals surface area contributed by atoms with Crippen LogP contribution in [0.1, 0.15) is 25.1 Å². The lowest BCUT2D eigenvalue weighted by molar-refractivity contribution is 0.490. The van der Waals surface area contributed by atoms with Crippen LogP contribution in [-0.2, 0) is 0 Å². The van der Waals surface area contributed by atoms with E-state index in [1.807, 2.05) is 43.3 Å². The van der Waals surface area contributed by atoms with E-state index in [0.717, 1.165) is 38.9 Å². The predicted molar refractivity (Wildman–Crippen MR) is 75.9 cm³/mol. The van der Waals surface area contributed by atoms with Gasteiger partial charge < -0.3 is 10.2 Å². The fourth-order valence-electron chi connectivity index (χ4n) is 2.23. The molecule has 0 saturated carbocycles. The van der Waals surface area contributed by atoms with E-state index < -0.39 is 0 Å².